The number of fused-ring (bicyclic) bond motifs is 1. The summed E-state index contributed by atoms with van der Waals surface area (Å²) < 4.78 is 1.89. The van der Waals surface area contributed by atoms with E-state index in [0.717, 1.165) is 17.2 Å². The summed E-state index contributed by atoms with van der Waals surface area (Å²) in [6, 6.07) is 2.27. The molecule has 0 fully saturated rings. The monoisotopic (exact) mass is 321 g/mol. The summed E-state index contributed by atoms with van der Waals surface area (Å²) >= 11 is 1.41. The molecule has 120 valence electrons. The van der Waals surface area contributed by atoms with Crippen molar-refractivity contribution in [3.05, 3.63) is 17.6 Å². The maximum absolute atomic E-state index is 12.4. The fourth-order valence-electron chi connectivity index (χ4n) is 2.67. The van der Waals surface area contributed by atoms with Crippen molar-refractivity contribution in [1.82, 2.24) is 24.5 Å². The standard InChI is InChI=1S/C15H23N5OS/c1-9(2)19(10(3)4)14(21)8-22-15-18-17-13-7-11(5)16-12(6)20(13)15/h7,9-10H,8H2,1-6H3. The Morgan fingerprint density at radius 1 is 1.23 bits per heavy atom. The Labute approximate surface area is 135 Å². The lowest BCUT2D eigenvalue weighted by Crippen LogP contribution is -2.43. The average molecular weight is 321 g/mol. The molecule has 0 saturated carbocycles. The van der Waals surface area contributed by atoms with Gasteiger partial charge in [-0.25, -0.2) is 4.98 Å². The smallest absolute Gasteiger partial charge is 0.233 e. The summed E-state index contributed by atoms with van der Waals surface area (Å²) in [6.45, 7) is 12.0. The second-order valence-corrected chi connectivity index (χ2v) is 6.84. The van der Waals surface area contributed by atoms with Gasteiger partial charge in [0.25, 0.3) is 0 Å². The van der Waals surface area contributed by atoms with E-state index in [0.29, 0.717) is 10.9 Å². The Kier molecular flexibility index (Phi) is 5.05. The summed E-state index contributed by atoms with van der Waals surface area (Å²) in [7, 11) is 0. The molecule has 0 saturated heterocycles. The number of carbonyl (C=O) groups excluding carboxylic acids is 1. The number of rotatable bonds is 5. The highest BCUT2D eigenvalue weighted by atomic mass is 32.2. The SMILES string of the molecule is Cc1cc2nnc(SCC(=O)N(C(C)C)C(C)C)n2c(C)n1. The molecular weight excluding hydrogens is 298 g/mol. The molecule has 0 aromatic carbocycles. The molecular formula is C15H23N5OS. The first-order chi connectivity index (χ1) is 10.3. The van der Waals surface area contributed by atoms with E-state index in [9.17, 15) is 4.79 Å². The number of aryl methyl sites for hydroxylation is 2. The minimum atomic E-state index is 0.115. The van der Waals surface area contributed by atoms with Crippen LogP contribution in [-0.4, -0.2) is 48.2 Å². The fraction of sp³-hybridized carbons (Fsp3) is 0.600. The van der Waals surface area contributed by atoms with Gasteiger partial charge in [0.05, 0.1) is 5.75 Å². The zero-order chi connectivity index (χ0) is 16.4. The van der Waals surface area contributed by atoms with E-state index in [1.54, 1.807) is 0 Å². The van der Waals surface area contributed by atoms with Gasteiger partial charge in [-0.05, 0) is 41.5 Å². The van der Waals surface area contributed by atoms with Crippen LogP contribution in [0.3, 0.4) is 0 Å². The lowest BCUT2D eigenvalue weighted by molar-refractivity contribution is -0.131. The molecule has 2 rings (SSSR count). The van der Waals surface area contributed by atoms with Crippen LogP contribution < -0.4 is 0 Å². The van der Waals surface area contributed by atoms with Gasteiger partial charge in [-0.1, -0.05) is 11.8 Å². The van der Waals surface area contributed by atoms with E-state index in [1.165, 1.54) is 11.8 Å². The van der Waals surface area contributed by atoms with Crippen LogP contribution in [0.1, 0.15) is 39.2 Å². The number of aromatic nitrogens is 4. The predicted molar refractivity (Wildman–Crippen MR) is 88.1 cm³/mol. The molecule has 2 aromatic heterocycles. The number of thioether (sulfide) groups is 1. The van der Waals surface area contributed by atoms with Crippen molar-refractivity contribution in [3.8, 4) is 0 Å². The van der Waals surface area contributed by atoms with E-state index in [4.69, 9.17) is 0 Å². The maximum atomic E-state index is 12.4. The summed E-state index contributed by atoms with van der Waals surface area (Å²) in [5.74, 6) is 1.30. The van der Waals surface area contributed by atoms with Gasteiger partial charge in [0.15, 0.2) is 10.8 Å². The Hall–Kier alpha value is -1.63. The minimum absolute atomic E-state index is 0.115. The second kappa shape index (κ2) is 6.64. The van der Waals surface area contributed by atoms with E-state index in [2.05, 4.69) is 15.2 Å². The van der Waals surface area contributed by atoms with E-state index in [1.807, 2.05) is 56.9 Å². The van der Waals surface area contributed by atoms with Gasteiger partial charge in [0.2, 0.25) is 5.91 Å². The van der Waals surface area contributed by atoms with E-state index < -0.39 is 0 Å². The van der Waals surface area contributed by atoms with Gasteiger partial charge in [-0.15, -0.1) is 10.2 Å². The maximum Gasteiger partial charge on any atom is 0.233 e. The van der Waals surface area contributed by atoms with Gasteiger partial charge in [0, 0.05) is 23.8 Å². The predicted octanol–water partition coefficient (Wildman–Crippen LogP) is 2.48. The quantitative estimate of drug-likeness (QED) is 0.792. The molecule has 0 aliphatic heterocycles. The van der Waals surface area contributed by atoms with Gasteiger partial charge in [-0.3, -0.25) is 9.20 Å². The fourth-order valence-corrected chi connectivity index (χ4v) is 3.52. The van der Waals surface area contributed by atoms with Crippen molar-refractivity contribution in [2.24, 2.45) is 0 Å². The van der Waals surface area contributed by atoms with Crippen LogP contribution in [0.4, 0.5) is 0 Å². The van der Waals surface area contributed by atoms with Crippen molar-refractivity contribution in [2.45, 2.75) is 58.8 Å². The van der Waals surface area contributed by atoms with Crippen LogP contribution in [0.15, 0.2) is 11.2 Å². The third kappa shape index (κ3) is 3.40. The van der Waals surface area contributed by atoms with Gasteiger partial charge >= 0.3 is 0 Å². The van der Waals surface area contributed by atoms with Gasteiger partial charge in [0.1, 0.15) is 5.82 Å². The largest absolute Gasteiger partial charge is 0.337 e. The molecule has 2 heterocycles. The topological polar surface area (TPSA) is 63.4 Å². The molecule has 1 amide bonds. The minimum Gasteiger partial charge on any atom is -0.337 e. The molecule has 0 aliphatic rings. The lowest BCUT2D eigenvalue weighted by Gasteiger charge is -2.30. The highest BCUT2D eigenvalue weighted by molar-refractivity contribution is 7.99. The van der Waals surface area contributed by atoms with Crippen LogP contribution in [0.5, 0.6) is 0 Å². The summed E-state index contributed by atoms with van der Waals surface area (Å²) in [5.41, 5.74) is 1.68. The van der Waals surface area contributed by atoms with Crippen LogP contribution in [0, 0.1) is 13.8 Å². The molecule has 0 N–H and O–H groups in total. The molecule has 0 aliphatic carbocycles. The molecule has 22 heavy (non-hydrogen) atoms. The highest BCUT2D eigenvalue weighted by Crippen LogP contribution is 2.20. The third-order valence-corrected chi connectivity index (χ3v) is 4.30. The Balaban J connectivity index is 2.17. The molecule has 6 nitrogen and oxygen atoms in total. The Morgan fingerprint density at radius 2 is 1.86 bits per heavy atom. The van der Waals surface area contributed by atoms with E-state index >= 15 is 0 Å². The van der Waals surface area contributed by atoms with Crippen LogP contribution in [0.2, 0.25) is 0 Å². The van der Waals surface area contributed by atoms with Crippen molar-refractivity contribution < 1.29 is 4.79 Å². The van der Waals surface area contributed by atoms with Crippen molar-refractivity contribution in [2.75, 3.05) is 5.75 Å². The molecule has 0 unspecified atom stereocenters. The first-order valence-corrected chi connectivity index (χ1v) is 8.43. The summed E-state index contributed by atoms with van der Waals surface area (Å²) in [5, 5.41) is 9.05. The van der Waals surface area contributed by atoms with Gasteiger partial charge < -0.3 is 4.90 Å². The normalized spacial score (nSPS) is 11.6. The van der Waals surface area contributed by atoms with Crippen molar-refractivity contribution in [3.63, 3.8) is 0 Å². The van der Waals surface area contributed by atoms with Crippen LogP contribution in [-0.2, 0) is 4.79 Å². The van der Waals surface area contributed by atoms with Gasteiger partial charge in [-0.2, -0.15) is 0 Å². The molecule has 0 radical (unpaired) electrons. The first-order valence-electron chi connectivity index (χ1n) is 7.44. The highest BCUT2D eigenvalue weighted by Gasteiger charge is 2.21. The third-order valence-electron chi connectivity index (χ3n) is 3.38. The van der Waals surface area contributed by atoms with E-state index in [-0.39, 0.29) is 18.0 Å². The number of nitrogens with zero attached hydrogens (tertiary/aromatic N) is 5. The molecule has 0 atom stereocenters. The zero-order valence-corrected chi connectivity index (χ0v) is 14.8. The van der Waals surface area contributed by atoms with Crippen LogP contribution >= 0.6 is 11.8 Å². The first kappa shape index (κ1) is 16.7. The molecule has 0 bridgehead atoms. The zero-order valence-electron chi connectivity index (χ0n) is 14.0. The summed E-state index contributed by atoms with van der Waals surface area (Å²) in [4.78, 5) is 18.8. The molecule has 2 aromatic rings. The second-order valence-electron chi connectivity index (χ2n) is 5.90. The average Bonchev–Trinajstić information content (AvgIpc) is 2.78. The van der Waals surface area contributed by atoms with Crippen molar-refractivity contribution in [1.29, 1.82) is 0 Å². The number of hydrogen-bond acceptors (Lipinski definition) is 5. The lowest BCUT2D eigenvalue weighted by atomic mass is 10.2. The molecule has 0 spiro atoms. The molecule has 7 heteroatoms. The van der Waals surface area contributed by atoms with Crippen molar-refractivity contribution >= 4 is 23.3 Å². The number of carbonyl (C=O) groups is 1. The summed E-state index contributed by atoms with van der Waals surface area (Å²) in [6.07, 6.45) is 0. The van der Waals surface area contributed by atoms with Crippen LogP contribution in [0.25, 0.3) is 5.65 Å². The number of amides is 1. The Morgan fingerprint density at radius 3 is 2.45 bits per heavy atom. The number of hydrogen-bond donors (Lipinski definition) is 0. The Bertz CT molecular complexity index is 672.